The number of nitro benzene ring substituents is 1. The van der Waals surface area contributed by atoms with E-state index in [-0.39, 0.29) is 27.6 Å². The Kier molecular flexibility index (Phi) is 8.62. The number of esters is 1. The van der Waals surface area contributed by atoms with E-state index in [0.29, 0.717) is 18.0 Å². The quantitative estimate of drug-likeness (QED) is 0.317. The fourth-order valence-electron chi connectivity index (χ4n) is 2.53. The maximum absolute atomic E-state index is 12.8. The molecule has 0 bridgehead atoms. The number of halogens is 1. The molecule has 1 aromatic heterocycles. The van der Waals surface area contributed by atoms with Crippen LogP contribution in [0.4, 0.5) is 5.69 Å². The Morgan fingerprint density at radius 1 is 1.38 bits per heavy atom. The minimum atomic E-state index is -0.964. The van der Waals surface area contributed by atoms with Crippen molar-refractivity contribution < 1.29 is 23.8 Å². The van der Waals surface area contributed by atoms with Crippen LogP contribution in [-0.4, -0.2) is 45.0 Å². The molecule has 2 rings (SSSR count). The zero-order valence-electron chi connectivity index (χ0n) is 18.4. The summed E-state index contributed by atoms with van der Waals surface area (Å²) in [5, 5.41) is 17.3. The molecule has 0 aliphatic heterocycles. The molecule has 174 valence electrons. The van der Waals surface area contributed by atoms with E-state index in [0.717, 1.165) is 6.07 Å². The number of nitrogens with one attached hydrogen (secondary N) is 1. The number of thioether (sulfide) groups is 1. The van der Waals surface area contributed by atoms with Crippen LogP contribution in [0, 0.1) is 10.1 Å². The topological polar surface area (TPSA) is 137 Å². The van der Waals surface area contributed by atoms with Gasteiger partial charge in [-0.3, -0.25) is 14.9 Å². The Morgan fingerprint density at radius 2 is 2.06 bits per heavy atom. The number of nitrogens with zero attached hydrogens (tertiary/aromatic N) is 3. The third-order valence-corrected chi connectivity index (χ3v) is 5.32. The van der Waals surface area contributed by atoms with Crippen molar-refractivity contribution in [3.8, 4) is 0 Å². The second-order valence-electron chi connectivity index (χ2n) is 8.01. The molecule has 12 heteroatoms. The first kappa shape index (κ1) is 25.6. The van der Waals surface area contributed by atoms with Crippen LogP contribution in [0.25, 0.3) is 0 Å². The highest BCUT2D eigenvalue weighted by molar-refractivity contribution is 7.98. The van der Waals surface area contributed by atoms with Gasteiger partial charge in [0.15, 0.2) is 11.9 Å². The lowest BCUT2D eigenvalue weighted by molar-refractivity contribution is -0.384. The second kappa shape index (κ2) is 10.8. The van der Waals surface area contributed by atoms with Crippen LogP contribution in [-0.2, 0) is 14.9 Å². The molecular formula is C20H25ClN4O6S. The van der Waals surface area contributed by atoms with Gasteiger partial charge < -0.3 is 14.6 Å². The van der Waals surface area contributed by atoms with Crippen LogP contribution in [0.15, 0.2) is 22.7 Å². The maximum atomic E-state index is 12.8. The molecule has 0 saturated heterocycles. The Bertz CT molecular complexity index is 991. The Balaban J connectivity index is 2.13. The molecule has 1 N–H and O–H groups in total. The average molecular weight is 485 g/mol. The Morgan fingerprint density at radius 3 is 2.59 bits per heavy atom. The summed E-state index contributed by atoms with van der Waals surface area (Å²) in [6.45, 7) is 7.37. The van der Waals surface area contributed by atoms with Gasteiger partial charge in [-0.1, -0.05) is 37.5 Å². The first-order valence-corrected chi connectivity index (χ1v) is 11.5. The third-order valence-electron chi connectivity index (χ3n) is 4.36. The minimum Gasteiger partial charge on any atom is -0.451 e. The molecule has 0 aliphatic rings. The van der Waals surface area contributed by atoms with Crippen LogP contribution < -0.4 is 5.32 Å². The summed E-state index contributed by atoms with van der Waals surface area (Å²) in [6.07, 6.45) is 1.36. The van der Waals surface area contributed by atoms with Crippen molar-refractivity contribution in [2.45, 2.75) is 51.7 Å². The number of ether oxygens (including phenoxy) is 1. The molecule has 1 heterocycles. The van der Waals surface area contributed by atoms with Gasteiger partial charge in [-0.25, -0.2) is 4.79 Å². The number of aromatic nitrogens is 2. The second-order valence-corrected chi connectivity index (χ2v) is 9.41. The molecule has 10 nitrogen and oxygen atoms in total. The number of benzene rings is 1. The molecule has 2 atom stereocenters. The van der Waals surface area contributed by atoms with Crippen LogP contribution in [0.5, 0.6) is 0 Å². The Hall–Kier alpha value is -2.66. The summed E-state index contributed by atoms with van der Waals surface area (Å²) in [4.78, 5) is 40.0. The van der Waals surface area contributed by atoms with Gasteiger partial charge in [-0.15, -0.1) is 0 Å². The molecule has 0 unspecified atom stereocenters. The van der Waals surface area contributed by atoms with Crippen molar-refractivity contribution in [1.29, 1.82) is 0 Å². The molecule has 0 saturated carbocycles. The summed E-state index contributed by atoms with van der Waals surface area (Å²) in [6, 6.07) is 2.52. The highest BCUT2D eigenvalue weighted by Crippen LogP contribution is 2.24. The molecule has 0 fully saturated rings. The first-order chi connectivity index (χ1) is 14.9. The zero-order chi connectivity index (χ0) is 24.1. The standard InChI is InChI=1S/C20H25ClN4O6S/c1-11(17-23-19(24-31-17)20(2,3)4)30-18(27)15(8-9-32-5)22-16(26)13-7-6-12(25(28)29)10-14(13)21/h6-7,10-11,15H,8-9H2,1-5H3,(H,22,26)/t11-,15-/m0/s1. The van der Waals surface area contributed by atoms with Crippen molar-refractivity contribution in [3.63, 3.8) is 0 Å². The van der Waals surface area contributed by atoms with Gasteiger partial charge in [0.2, 0.25) is 0 Å². The van der Waals surface area contributed by atoms with Gasteiger partial charge >= 0.3 is 5.97 Å². The summed E-state index contributed by atoms with van der Waals surface area (Å²) >= 11 is 7.52. The van der Waals surface area contributed by atoms with Gasteiger partial charge in [0.05, 0.1) is 15.5 Å². The largest absolute Gasteiger partial charge is 0.451 e. The lowest BCUT2D eigenvalue weighted by Gasteiger charge is -2.19. The fraction of sp³-hybridized carbons (Fsp3) is 0.500. The van der Waals surface area contributed by atoms with E-state index in [1.54, 1.807) is 6.92 Å². The van der Waals surface area contributed by atoms with Crippen LogP contribution in [0.2, 0.25) is 5.02 Å². The minimum absolute atomic E-state index is 0.0130. The normalized spacial score (nSPS) is 13.3. The van der Waals surface area contributed by atoms with Gasteiger partial charge in [-0.05, 0) is 31.4 Å². The summed E-state index contributed by atoms with van der Waals surface area (Å²) in [5.41, 5.74) is -0.559. The lowest BCUT2D eigenvalue weighted by atomic mass is 9.96. The fourth-order valence-corrected chi connectivity index (χ4v) is 3.27. The number of carbonyl (C=O) groups excluding carboxylic acids is 2. The number of amides is 1. The molecule has 1 aromatic carbocycles. The smallest absolute Gasteiger partial charge is 0.329 e. The van der Waals surface area contributed by atoms with E-state index < -0.39 is 28.9 Å². The van der Waals surface area contributed by atoms with Crippen LogP contribution in [0.1, 0.15) is 62.3 Å². The van der Waals surface area contributed by atoms with Crippen molar-refractivity contribution in [2.75, 3.05) is 12.0 Å². The number of rotatable bonds is 9. The van der Waals surface area contributed by atoms with Crippen molar-refractivity contribution in [1.82, 2.24) is 15.5 Å². The number of hydrogen-bond donors (Lipinski definition) is 1. The number of carbonyl (C=O) groups is 2. The van der Waals surface area contributed by atoms with E-state index in [1.807, 2.05) is 27.0 Å². The third kappa shape index (κ3) is 6.67. The van der Waals surface area contributed by atoms with E-state index in [4.69, 9.17) is 20.9 Å². The van der Waals surface area contributed by atoms with Crippen LogP contribution in [0.3, 0.4) is 0 Å². The predicted octanol–water partition coefficient (Wildman–Crippen LogP) is 4.08. The summed E-state index contributed by atoms with van der Waals surface area (Å²) < 4.78 is 10.7. The monoisotopic (exact) mass is 484 g/mol. The predicted molar refractivity (Wildman–Crippen MR) is 120 cm³/mol. The first-order valence-electron chi connectivity index (χ1n) is 9.72. The number of hydrogen-bond acceptors (Lipinski definition) is 9. The van der Waals surface area contributed by atoms with E-state index in [9.17, 15) is 19.7 Å². The highest BCUT2D eigenvalue weighted by Gasteiger charge is 2.29. The van der Waals surface area contributed by atoms with Gasteiger partial charge in [0.1, 0.15) is 6.04 Å². The molecule has 1 amide bonds. The molecule has 0 spiro atoms. The molecular weight excluding hydrogens is 460 g/mol. The maximum Gasteiger partial charge on any atom is 0.329 e. The summed E-state index contributed by atoms with van der Waals surface area (Å²) in [5.74, 6) is -0.106. The van der Waals surface area contributed by atoms with Crippen molar-refractivity contribution in [2.24, 2.45) is 0 Å². The van der Waals surface area contributed by atoms with Gasteiger partial charge in [0.25, 0.3) is 17.5 Å². The van der Waals surface area contributed by atoms with Crippen molar-refractivity contribution >= 4 is 40.9 Å². The zero-order valence-corrected chi connectivity index (χ0v) is 20.0. The van der Waals surface area contributed by atoms with E-state index in [2.05, 4.69) is 15.5 Å². The van der Waals surface area contributed by atoms with E-state index in [1.165, 1.54) is 23.9 Å². The van der Waals surface area contributed by atoms with Gasteiger partial charge in [0, 0.05) is 17.5 Å². The SMILES string of the molecule is CSCC[C@H](NC(=O)c1ccc([N+](=O)[O-])cc1Cl)C(=O)O[C@@H](C)c1nc(C(C)(C)C)no1. The van der Waals surface area contributed by atoms with Gasteiger partial charge in [-0.2, -0.15) is 16.7 Å². The summed E-state index contributed by atoms with van der Waals surface area (Å²) in [7, 11) is 0. The number of non-ortho nitro benzene ring substituents is 1. The average Bonchev–Trinajstić information content (AvgIpc) is 3.21. The van der Waals surface area contributed by atoms with Crippen molar-refractivity contribution in [3.05, 3.63) is 50.6 Å². The molecule has 0 radical (unpaired) electrons. The number of nitro groups is 1. The Labute approximate surface area is 194 Å². The molecule has 0 aliphatic carbocycles. The molecule has 32 heavy (non-hydrogen) atoms. The molecule has 2 aromatic rings. The lowest BCUT2D eigenvalue weighted by Crippen LogP contribution is -2.42. The van der Waals surface area contributed by atoms with E-state index >= 15 is 0 Å². The highest BCUT2D eigenvalue weighted by atomic mass is 35.5. The van der Waals surface area contributed by atoms with Crippen LogP contribution >= 0.6 is 23.4 Å².